The minimum atomic E-state index is 0. The van der Waals surface area contributed by atoms with Crippen LogP contribution >= 0.6 is 35.3 Å². The summed E-state index contributed by atoms with van der Waals surface area (Å²) >= 11 is 1.82. The van der Waals surface area contributed by atoms with Crippen LogP contribution in [0.1, 0.15) is 25.3 Å². The van der Waals surface area contributed by atoms with Crippen molar-refractivity contribution in [3.05, 3.63) is 47.3 Å². The third kappa shape index (κ3) is 6.84. The fourth-order valence-electron chi connectivity index (χ4n) is 3.36. The lowest BCUT2D eigenvalue weighted by atomic mass is 10.1. The van der Waals surface area contributed by atoms with Crippen LogP contribution in [0.4, 0.5) is 5.00 Å². The van der Waals surface area contributed by atoms with Gasteiger partial charge in [-0.15, -0.1) is 35.3 Å². The molecule has 3 rings (SSSR count). The summed E-state index contributed by atoms with van der Waals surface area (Å²) in [5, 5.41) is 10.6. The number of halogens is 1. The van der Waals surface area contributed by atoms with Crippen molar-refractivity contribution in [2.45, 2.75) is 32.2 Å². The van der Waals surface area contributed by atoms with Gasteiger partial charge in [0.15, 0.2) is 5.96 Å². The van der Waals surface area contributed by atoms with E-state index in [1.165, 1.54) is 10.6 Å². The maximum atomic E-state index is 5.57. The molecular weight excluding hydrogens is 483 g/mol. The number of hydrogen-bond acceptors (Lipinski definition) is 4. The molecule has 154 valence electrons. The Balaban J connectivity index is 0.00000280. The summed E-state index contributed by atoms with van der Waals surface area (Å²) in [6.07, 6.45) is 3.21. The molecule has 2 heterocycles. The van der Waals surface area contributed by atoms with Crippen molar-refractivity contribution in [2.75, 3.05) is 38.2 Å². The molecule has 1 fully saturated rings. The Morgan fingerprint density at radius 2 is 2.07 bits per heavy atom. The number of ether oxygens (including phenoxy) is 1. The molecule has 28 heavy (non-hydrogen) atoms. The average molecular weight is 514 g/mol. The number of guanidine groups is 1. The monoisotopic (exact) mass is 514 g/mol. The van der Waals surface area contributed by atoms with Crippen molar-refractivity contribution in [3.8, 4) is 5.75 Å². The first-order chi connectivity index (χ1) is 13.3. The number of aliphatic imine (C=N–C) groups is 1. The van der Waals surface area contributed by atoms with Crippen LogP contribution < -0.4 is 20.3 Å². The topological polar surface area (TPSA) is 48.9 Å². The molecule has 1 aromatic carbocycles. The summed E-state index contributed by atoms with van der Waals surface area (Å²) < 4.78 is 5.57. The highest BCUT2D eigenvalue weighted by molar-refractivity contribution is 14.0. The second-order valence-electron chi connectivity index (χ2n) is 6.69. The number of benzene rings is 1. The van der Waals surface area contributed by atoms with Crippen molar-refractivity contribution in [2.24, 2.45) is 4.99 Å². The summed E-state index contributed by atoms with van der Waals surface area (Å²) in [7, 11) is 1.84. The van der Waals surface area contributed by atoms with Gasteiger partial charge in [0.2, 0.25) is 0 Å². The van der Waals surface area contributed by atoms with Crippen molar-refractivity contribution < 1.29 is 4.74 Å². The summed E-state index contributed by atoms with van der Waals surface area (Å²) in [6.45, 7) is 5.75. The predicted octanol–water partition coefficient (Wildman–Crippen LogP) is 4.14. The molecule has 0 radical (unpaired) electrons. The standard InChI is InChI=1S/C21H30N4OS.HI/c1-3-26-19-7-4-6-17(16-19)9-12-23-21(22-2)24-18-10-13-25(14-11-18)20-8-5-15-27-20;/h4-8,15-16,18H,3,9-14H2,1-2H3,(H2,22,23,24);1H. The largest absolute Gasteiger partial charge is 0.494 e. The summed E-state index contributed by atoms with van der Waals surface area (Å²) in [5.74, 6) is 1.83. The molecule has 5 nitrogen and oxygen atoms in total. The van der Waals surface area contributed by atoms with E-state index >= 15 is 0 Å². The highest BCUT2D eigenvalue weighted by Gasteiger charge is 2.20. The molecule has 7 heteroatoms. The Bertz CT molecular complexity index is 715. The number of hydrogen-bond donors (Lipinski definition) is 2. The van der Waals surface area contributed by atoms with E-state index in [-0.39, 0.29) is 24.0 Å². The second-order valence-corrected chi connectivity index (χ2v) is 7.61. The lowest BCUT2D eigenvalue weighted by molar-refractivity contribution is 0.340. The zero-order chi connectivity index (χ0) is 18.9. The molecule has 0 saturated carbocycles. The molecular formula is C21H31IN4OS. The Labute approximate surface area is 189 Å². The minimum Gasteiger partial charge on any atom is -0.494 e. The van der Waals surface area contributed by atoms with Crippen molar-refractivity contribution in [3.63, 3.8) is 0 Å². The van der Waals surface area contributed by atoms with Crippen LogP contribution in [0.15, 0.2) is 46.8 Å². The normalized spacial score (nSPS) is 15.1. The van der Waals surface area contributed by atoms with Crippen LogP contribution in [0, 0.1) is 0 Å². The molecule has 0 atom stereocenters. The zero-order valence-electron chi connectivity index (χ0n) is 16.7. The van der Waals surface area contributed by atoms with Gasteiger partial charge in [-0.25, -0.2) is 0 Å². The molecule has 0 unspecified atom stereocenters. The van der Waals surface area contributed by atoms with E-state index in [4.69, 9.17) is 4.74 Å². The van der Waals surface area contributed by atoms with E-state index < -0.39 is 0 Å². The van der Waals surface area contributed by atoms with Gasteiger partial charge in [-0.1, -0.05) is 12.1 Å². The van der Waals surface area contributed by atoms with Gasteiger partial charge in [0, 0.05) is 32.7 Å². The highest BCUT2D eigenvalue weighted by atomic mass is 127. The van der Waals surface area contributed by atoms with Crippen LogP contribution in [-0.4, -0.2) is 45.3 Å². The van der Waals surface area contributed by atoms with Crippen LogP contribution in [0.2, 0.25) is 0 Å². The van der Waals surface area contributed by atoms with Crippen molar-refractivity contribution in [1.82, 2.24) is 10.6 Å². The first-order valence-electron chi connectivity index (χ1n) is 9.76. The van der Waals surface area contributed by atoms with E-state index in [9.17, 15) is 0 Å². The quantitative estimate of drug-likeness (QED) is 0.331. The van der Waals surface area contributed by atoms with Gasteiger partial charge in [-0.05, 0) is 61.4 Å². The fraction of sp³-hybridized carbons (Fsp3) is 0.476. The van der Waals surface area contributed by atoms with Crippen molar-refractivity contribution >= 4 is 46.3 Å². The molecule has 0 aliphatic carbocycles. The molecule has 0 spiro atoms. The Hall–Kier alpha value is -1.48. The Morgan fingerprint density at radius 1 is 1.25 bits per heavy atom. The molecule has 0 bridgehead atoms. The summed E-state index contributed by atoms with van der Waals surface area (Å²) in [5.41, 5.74) is 1.27. The summed E-state index contributed by atoms with van der Waals surface area (Å²) in [4.78, 5) is 6.86. The van der Waals surface area contributed by atoms with Crippen LogP contribution in [0.25, 0.3) is 0 Å². The van der Waals surface area contributed by atoms with Gasteiger partial charge in [0.05, 0.1) is 11.6 Å². The van der Waals surface area contributed by atoms with Gasteiger partial charge >= 0.3 is 0 Å². The van der Waals surface area contributed by atoms with E-state index in [1.54, 1.807) is 0 Å². The molecule has 1 saturated heterocycles. The number of thiophene rings is 1. The number of nitrogens with zero attached hydrogens (tertiary/aromatic N) is 2. The SMILES string of the molecule is CCOc1cccc(CCNC(=NC)NC2CCN(c3cccs3)CC2)c1.I. The number of nitrogens with one attached hydrogen (secondary N) is 2. The third-order valence-corrected chi connectivity index (χ3v) is 5.72. The molecule has 0 amide bonds. The number of anilines is 1. The number of piperidine rings is 1. The van der Waals surface area contributed by atoms with Crippen LogP contribution in [0.5, 0.6) is 5.75 Å². The zero-order valence-corrected chi connectivity index (χ0v) is 19.8. The van der Waals surface area contributed by atoms with E-state index in [1.807, 2.05) is 31.4 Å². The molecule has 2 N–H and O–H groups in total. The van der Waals surface area contributed by atoms with Crippen molar-refractivity contribution in [1.29, 1.82) is 0 Å². The first kappa shape index (κ1) is 22.8. The van der Waals surface area contributed by atoms with Gasteiger partial charge in [0.25, 0.3) is 0 Å². The Morgan fingerprint density at radius 3 is 2.75 bits per heavy atom. The number of rotatable bonds is 7. The maximum absolute atomic E-state index is 5.57. The lowest BCUT2D eigenvalue weighted by Crippen LogP contribution is -2.49. The van der Waals surface area contributed by atoms with E-state index in [2.05, 4.69) is 56.2 Å². The van der Waals surface area contributed by atoms with Crippen LogP contribution in [0.3, 0.4) is 0 Å². The fourth-order valence-corrected chi connectivity index (χ4v) is 4.15. The molecule has 1 aromatic heterocycles. The minimum absolute atomic E-state index is 0. The lowest BCUT2D eigenvalue weighted by Gasteiger charge is -2.33. The van der Waals surface area contributed by atoms with E-state index in [0.29, 0.717) is 12.6 Å². The van der Waals surface area contributed by atoms with Gasteiger partial charge in [-0.2, -0.15) is 0 Å². The van der Waals surface area contributed by atoms with E-state index in [0.717, 1.165) is 50.6 Å². The van der Waals surface area contributed by atoms with Gasteiger partial charge in [-0.3, -0.25) is 4.99 Å². The highest BCUT2D eigenvalue weighted by Crippen LogP contribution is 2.24. The van der Waals surface area contributed by atoms with Crippen LogP contribution in [-0.2, 0) is 6.42 Å². The predicted molar refractivity (Wildman–Crippen MR) is 131 cm³/mol. The van der Waals surface area contributed by atoms with Gasteiger partial charge in [0.1, 0.15) is 5.75 Å². The summed E-state index contributed by atoms with van der Waals surface area (Å²) in [6, 6.07) is 13.1. The van der Waals surface area contributed by atoms with Gasteiger partial charge < -0.3 is 20.3 Å². The average Bonchev–Trinajstić information content (AvgIpc) is 3.23. The maximum Gasteiger partial charge on any atom is 0.191 e. The third-order valence-electron chi connectivity index (χ3n) is 4.79. The smallest absolute Gasteiger partial charge is 0.191 e. The molecule has 2 aromatic rings. The molecule has 1 aliphatic rings. The molecule has 1 aliphatic heterocycles. The second kappa shape index (κ2) is 12.2. The first-order valence-corrected chi connectivity index (χ1v) is 10.6. The Kier molecular flexibility index (Phi) is 9.91.